The molecule has 28 heavy (non-hydrogen) atoms. The van der Waals surface area contributed by atoms with Crippen LogP contribution in [0.5, 0.6) is 0 Å². The number of halogens is 2. The van der Waals surface area contributed by atoms with E-state index < -0.39 is 0 Å². The van der Waals surface area contributed by atoms with E-state index in [1.807, 2.05) is 41.4 Å². The van der Waals surface area contributed by atoms with Gasteiger partial charge >= 0.3 is 0 Å². The van der Waals surface area contributed by atoms with E-state index in [0.29, 0.717) is 18.7 Å². The van der Waals surface area contributed by atoms with E-state index in [4.69, 9.17) is 0 Å². The number of anilines is 1. The molecular formula is C22H19BrFN3O. The van der Waals surface area contributed by atoms with Gasteiger partial charge in [-0.05, 0) is 71.2 Å². The van der Waals surface area contributed by atoms with E-state index in [-0.39, 0.29) is 17.3 Å². The Morgan fingerprint density at radius 3 is 2.64 bits per heavy atom. The number of nitrogens with one attached hydrogen (secondary N) is 1. The van der Waals surface area contributed by atoms with Crippen LogP contribution in [0.15, 0.2) is 65.3 Å². The Morgan fingerprint density at radius 1 is 1.07 bits per heavy atom. The minimum Gasteiger partial charge on any atom is -0.372 e. The first-order chi connectivity index (χ1) is 13.6. The molecule has 2 aromatic carbocycles. The fourth-order valence-corrected chi connectivity index (χ4v) is 4.85. The summed E-state index contributed by atoms with van der Waals surface area (Å²) in [6, 6.07) is 16.5. The summed E-state index contributed by atoms with van der Waals surface area (Å²) >= 11 is 3.48. The van der Waals surface area contributed by atoms with Crippen molar-refractivity contribution in [2.75, 3.05) is 18.4 Å². The number of piperidine rings is 1. The Labute approximate surface area is 171 Å². The highest BCUT2D eigenvalue weighted by Crippen LogP contribution is 2.43. The van der Waals surface area contributed by atoms with Crippen molar-refractivity contribution >= 4 is 27.5 Å². The third-order valence-corrected chi connectivity index (χ3v) is 6.53. The van der Waals surface area contributed by atoms with Gasteiger partial charge in [0.1, 0.15) is 5.82 Å². The Kier molecular flexibility index (Phi) is 4.05. The summed E-state index contributed by atoms with van der Waals surface area (Å²) in [5, 5.41) is 3.60. The van der Waals surface area contributed by atoms with Gasteiger partial charge in [0.15, 0.2) is 0 Å². The first-order valence-electron chi connectivity index (χ1n) is 9.37. The van der Waals surface area contributed by atoms with Gasteiger partial charge in [-0.15, -0.1) is 0 Å². The molecule has 1 N–H and O–H groups in total. The minimum absolute atomic E-state index is 0.0416. The number of carbonyl (C=O) groups is 1. The van der Waals surface area contributed by atoms with Gasteiger partial charge in [0, 0.05) is 29.5 Å². The molecule has 6 heteroatoms. The molecule has 1 fully saturated rings. The van der Waals surface area contributed by atoms with Gasteiger partial charge in [-0.2, -0.15) is 0 Å². The Hall–Kier alpha value is -2.60. The summed E-state index contributed by atoms with van der Waals surface area (Å²) in [6.07, 6.45) is 3.56. The maximum Gasteiger partial charge on any atom is 0.255 e. The summed E-state index contributed by atoms with van der Waals surface area (Å²) in [5.41, 5.74) is 3.31. The van der Waals surface area contributed by atoms with E-state index in [2.05, 4.69) is 31.9 Å². The second kappa shape index (κ2) is 6.48. The normalized spacial score (nSPS) is 17.0. The quantitative estimate of drug-likeness (QED) is 0.583. The van der Waals surface area contributed by atoms with Crippen LogP contribution in [0.3, 0.4) is 0 Å². The fraction of sp³-hybridized carbons (Fsp3) is 0.227. The van der Waals surface area contributed by atoms with Crippen LogP contribution in [0.25, 0.3) is 5.69 Å². The molecule has 1 amide bonds. The third kappa shape index (κ3) is 2.66. The summed E-state index contributed by atoms with van der Waals surface area (Å²) in [6.45, 7) is 1.28. The summed E-state index contributed by atoms with van der Waals surface area (Å²) in [7, 11) is 0. The Morgan fingerprint density at radius 2 is 1.86 bits per heavy atom. The van der Waals surface area contributed by atoms with Gasteiger partial charge in [-0.3, -0.25) is 4.79 Å². The first kappa shape index (κ1) is 17.5. The second-order valence-corrected chi connectivity index (χ2v) is 8.26. The van der Waals surface area contributed by atoms with Crippen LogP contribution in [0.1, 0.15) is 28.9 Å². The SMILES string of the molecule is O=C(c1ccccc1Br)N1CCC2(CC1)Nc1cc(F)ccc1-n1cccc12. The number of hydrogen-bond acceptors (Lipinski definition) is 2. The molecule has 3 aromatic rings. The van der Waals surface area contributed by atoms with Gasteiger partial charge in [-0.1, -0.05) is 12.1 Å². The molecule has 142 valence electrons. The molecule has 1 aromatic heterocycles. The number of aromatic nitrogens is 1. The lowest BCUT2D eigenvalue weighted by molar-refractivity contribution is 0.0675. The fourth-order valence-electron chi connectivity index (χ4n) is 4.40. The highest BCUT2D eigenvalue weighted by molar-refractivity contribution is 9.10. The van der Waals surface area contributed by atoms with Crippen LogP contribution in [-0.4, -0.2) is 28.5 Å². The second-order valence-electron chi connectivity index (χ2n) is 7.40. The lowest BCUT2D eigenvalue weighted by atomic mass is 9.82. The Balaban J connectivity index is 1.43. The molecule has 2 aliphatic heterocycles. The zero-order valence-electron chi connectivity index (χ0n) is 15.2. The lowest BCUT2D eigenvalue weighted by Crippen LogP contribution is -2.51. The lowest BCUT2D eigenvalue weighted by Gasteiger charge is -2.46. The summed E-state index contributed by atoms with van der Waals surface area (Å²) in [5.74, 6) is -0.210. The molecule has 1 saturated heterocycles. The van der Waals surface area contributed by atoms with Crippen molar-refractivity contribution < 1.29 is 9.18 Å². The van der Waals surface area contributed by atoms with Crippen molar-refractivity contribution in [1.29, 1.82) is 0 Å². The molecule has 0 aliphatic carbocycles. The number of fused-ring (bicyclic) bond motifs is 4. The van der Waals surface area contributed by atoms with Crippen LogP contribution in [-0.2, 0) is 5.54 Å². The van der Waals surface area contributed by atoms with Crippen LogP contribution in [0.2, 0.25) is 0 Å². The van der Waals surface area contributed by atoms with E-state index in [1.54, 1.807) is 12.1 Å². The molecule has 5 rings (SSSR count). The van der Waals surface area contributed by atoms with Crippen molar-refractivity contribution in [3.63, 3.8) is 0 Å². The first-order valence-corrected chi connectivity index (χ1v) is 10.2. The van der Waals surface area contributed by atoms with Crippen LogP contribution >= 0.6 is 15.9 Å². The number of nitrogens with zero attached hydrogens (tertiary/aromatic N) is 2. The average Bonchev–Trinajstić information content (AvgIpc) is 3.19. The molecule has 0 unspecified atom stereocenters. The van der Waals surface area contributed by atoms with Crippen molar-refractivity contribution in [2.45, 2.75) is 18.4 Å². The topological polar surface area (TPSA) is 37.3 Å². The highest BCUT2D eigenvalue weighted by Gasteiger charge is 2.42. The average molecular weight is 440 g/mol. The van der Waals surface area contributed by atoms with Crippen LogP contribution < -0.4 is 5.32 Å². The highest BCUT2D eigenvalue weighted by atomic mass is 79.9. The molecule has 1 spiro atoms. The predicted molar refractivity (Wildman–Crippen MR) is 110 cm³/mol. The third-order valence-electron chi connectivity index (χ3n) is 5.84. The molecule has 4 nitrogen and oxygen atoms in total. The number of carbonyl (C=O) groups excluding carboxylic acids is 1. The smallest absolute Gasteiger partial charge is 0.255 e. The van der Waals surface area contributed by atoms with Crippen molar-refractivity contribution in [3.05, 3.63) is 82.3 Å². The van der Waals surface area contributed by atoms with Crippen molar-refractivity contribution in [3.8, 4) is 5.69 Å². The number of likely N-dealkylation sites (tertiary alicyclic amines) is 1. The van der Waals surface area contributed by atoms with Crippen LogP contribution in [0, 0.1) is 5.82 Å². The molecule has 3 heterocycles. The zero-order valence-corrected chi connectivity index (χ0v) is 16.7. The van der Waals surface area contributed by atoms with Gasteiger partial charge in [-0.25, -0.2) is 4.39 Å². The minimum atomic E-state index is -0.297. The van der Waals surface area contributed by atoms with Crippen LogP contribution in [0.4, 0.5) is 10.1 Å². The monoisotopic (exact) mass is 439 g/mol. The standard InChI is InChI=1S/C22H19BrFN3O/c23-17-5-2-1-4-16(17)21(28)26-12-9-22(10-13-26)20-6-3-11-27(20)19-8-7-15(24)14-18(19)25-22/h1-8,11,14,25H,9-10,12-13H2. The maximum atomic E-state index is 13.8. The zero-order chi connectivity index (χ0) is 19.3. The van der Waals surface area contributed by atoms with E-state index in [9.17, 15) is 9.18 Å². The summed E-state index contributed by atoms with van der Waals surface area (Å²) < 4.78 is 16.8. The van der Waals surface area contributed by atoms with Gasteiger partial charge < -0.3 is 14.8 Å². The van der Waals surface area contributed by atoms with Gasteiger partial charge in [0.05, 0.1) is 22.5 Å². The number of amides is 1. The molecule has 0 bridgehead atoms. The molecule has 0 atom stereocenters. The summed E-state index contributed by atoms with van der Waals surface area (Å²) in [4.78, 5) is 14.9. The van der Waals surface area contributed by atoms with Crippen molar-refractivity contribution in [1.82, 2.24) is 9.47 Å². The van der Waals surface area contributed by atoms with E-state index >= 15 is 0 Å². The largest absolute Gasteiger partial charge is 0.372 e. The Bertz CT molecular complexity index is 1070. The number of hydrogen-bond donors (Lipinski definition) is 1. The molecular weight excluding hydrogens is 421 g/mol. The molecule has 0 saturated carbocycles. The van der Waals surface area contributed by atoms with Crippen molar-refractivity contribution in [2.24, 2.45) is 0 Å². The van der Waals surface area contributed by atoms with E-state index in [1.165, 1.54) is 11.8 Å². The molecule has 0 radical (unpaired) electrons. The predicted octanol–water partition coefficient (Wildman–Crippen LogP) is 4.94. The van der Waals surface area contributed by atoms with E-state index in [0.717, 1.165) is 28.7 Å². The number of rotatable bonds is 1. The molecule has 2 aliphatic rings. The maximum absolute atomic E-state index is 13.8. The van der Waals surface area contributed by atoms with Gasteiger partial charge in [0.25, 0.3) is 5.91 Å². The number of benzene rings is 2. The van der Waals surface area contributed by atoms with Gasteiger partial charge in [0.2, 0.25) is 0 Å².